The van der Waals surface area contributed by atoms with Crippen molar-refractivity contribution in [1.29, 1.82) is 0 Å². The summed E-state index contributed by atoms with van der Waals surface area (Å²) in [7, 11) is 0. The van der Waals surface area contributed by atoms with Gasteiger partial charge in [0.2, 0.25) is 0 Å². The lowest BCUT2D eigenvalue weighted by Crippen LogP contribution is -2.03. The van der Waals surface area contributed by atoms with Crippen LogP contribution in [0.15, 0.2) is 53.3 Å². The van der Waals surface area contributed by atoms with E-state index in [2.05, 4.69) is 21.0 Å². The lowest BCUT2D eigenvalue weighted by Gasteiger charge is -2.02. The van der Waals surface area contributed by atoms with Gasteiger partial charge in [-0.3, -0.25) is 4.79 Å². The Hall–Kier alpha value is -2.01. The number of fused-ring (bicyclic) bond motifs is 1. The number of benzene rings is 1. The molecule has 0 bridgehead atoms. The molecule has 0 saturated carbocycles. The van der Waals surface area contributed by atoms with Crippen LogP contribution in [0.3, 0.4) is 0 Å². The monoisotopic (exact) mass is 332 g/mol. The van der Waals surface area contributed by atoms with Gasteiger partial charge >= 0.3 is 0 Å². The molecule has 2 aromatic heterocycles. The van der Waals surface area contributed by atoms with Crippen LogP contribution in [0.25, 0.3) is 5.52 Å². The largest absolute Gasteiger partial charge is 0.294 e. The third-order valence-electron chi connectivity index (χ3n) is 3.08. The molecular formula is C15H10BrFN2O. The maximum Gasteiger partial charge on any atom is 0.171 e. The van der Waals surface area contributed by atoms with Crippen LogP contribution in [0.5, 0.6) is 0 Å². The molecule has 3 nitrogen and oxygen atoms in total. The third kappa shape index (κ3) is 2.36. The van der Waals surface area contributed by atoms with Crippen molar-refractivity contribution in [2.24, 2.45) is 0 Å². The number of pyridine rings is 1. The first-order valence-corrected chi connectivity index (χ1v) is 6.84. The molecule has 0 radical (unpaired) electrons. The topological polar surface area (TPSA) is 34.4 Å². The fourth-order valence-electron chi connectivity index (χ4n) is 2.08. The van der Waals surface area contributed by atoms with Crippen molar-refractivity contribution < 1.29 is 9.18 Å². The summed E-state index contributed by atoms with van der Waals surface area (Å²) >= 11 is 3.12. The average molecular weight is 333 g/mol. The van der Waals surface area contributed by atoms with E-state index in [9.17, 15) is 9.18 Å². The second-order valence-electron chi connectivity index (χ2n) is 4.44. The minimum absolute atomic E-state index is 0.0373. The van der Waals surface area contributed by atoms with Gasteiger partial charge in [-0.15, -0.1) is 0 Å². The van der Waals surface area contributed by atoms with Crippen molar-refractivity contribution >= 4 is 27.2 Å². The molecule has 0 aliphatic rings. The molecule has 0 amide bonds. The lowest BCUT2D eigenvalue weighted by molar-refractivity contribution is 0.0994. The maximum atomic E-state index is 13.2. The Morgan fingerprint density at radius 3 is 2.95 bits per heavy atom. The molecule has 1 aromatic carbocycles. The highest BCUT2D eigenvalue weighted by Gasteiger charge is 2.13. The van der Waals surface area contributed by atoms with Crippen molar-refractivity contribution in [2.45, 2.75) is 6.42 Å². The normalized spacial score (nSPS) is 10.9. The van der Waals surface area contributed by atoms with Gasteiger partial charge in [-0.05, 0) is 45.8 Å². The zero-order valence-electron chi connectivity index (χ0n) is 10.4. The molecule has 3 rings (SSSR count). The van der Waals surface area contributed by atoms with Crippen molar-refractivity contribution in [3.05, 3.63) is 70.2 Å². The van der Waals surface area contributed by atoms with Crippen LogP contribution in [-0.4, -0.2) is 15.4 Å². The Morgan fingerprint density at radius 2 is 2.15 bits per heavy atom. The molecule has 100 valence electrons. The van der Waals surface area contributed by atoms with Gasteiger partial charge in [0.1, 0.15) is 5.82 Å². The fourth-order valence-corrected chi connectivity index (χ4v) is 2.51. The van der Waals surface area contributed by atoms with Gasteiger partial charge < -0.3 is 0 Å². The number of hydrogen-bond donors (Lipinski definition) is 0. The SMILES string of the molecule is O=C(Cc1ccc(F)c(Br)c1)c1cnn2ccccc12. The molecular weight excluding hydrogens is 323 g/mol. The molecule has 0 unspecified atom stereocenters. The number of halogens is 2. The van der Waals surface area contributed by atoms with Gasteiger partial charge in [0, 0.05) is 12.6 Å². The summed E-state index contributed by atoms with van der Waals surface area (Å²) in [6.45, 7) is 0. The van der Waals surface area contributed by atoms with Gasteiger partial charge in [0.25, 0.3) is 0 Å². The van der Waals surface area contributed by atoms with Crippen LogP contribution >= 0.6 is 15.9 Å². The fraction of sp³-hybridized carbons (Fsp3) is 0.0667. The van der Waals surface area contributed by atoms with Gasteiger partial charge in [0.15, 0.2) is 5.78 Å². The molecule has 0 aliphatic heterocycles. The first-order valence-electron chi connectivity index (χ1n) is 6.04. The predicted molar refractivity (Wildman–Crippen MR) is 77.3 cm³/mol. The van der Waals surface area contributed by atoms with E-state index in [1.165, 1.54) is 6.07 Å². The molecule has 20 heavy (non-hydrogen) atoms. The summed E-state index contributed by atoms with van der Waals surface area (Å²) in [5.41, 5.74) is 2.11. The summed E-state index contributed by atoms with van der Waals surface area (Å²) in [6.07, 6.45) is 3.58. The van der Waals surface area contributed by atoms with E-state index >= 15 is 0 Å². The van der Waals surface area contributed by atoms with Crippen LogP contribution in [-0.2, 0) is 6.42 Å². The molecule has 0 atom stereocenters. The zero-order valence-corrected chi connectivity index (χ0v) is 12.0. The van der Waals surface area contributed by atoms with Crippen molar-refractivity contribution in [3.8, 4) is 0 Å². The summed E-state index contributed by atoms with van der Waals surface area (Å²) in [5.74, 6) is -0.373. The van der Waals surface area contributed by atoms with Gasteiger partial charge in [-0.25, -0.2) is 8.91 Å². The molecule has 0 saturated heterocycles. The number of hydrogen-bond acceptors (Lipinski definition) is 2. The number of carbonyl (C=O) groups excluding carboxylic acids is 1. The Balaban J connectivity index is 1.91. The van der Waals surface area contributed by atoms with E-state index in [0.29, 0.717) is 10.0 Å². The number of Topliss-reactive ketones (excluding diaryl/α,β-unsaturated/α-hetero) is 1. The summed E-state index contributed by atoms with van der Waals surface area (Å²) in [4.78, 5) is 12.3. The predicted octanol–water partition coefficient (Wildman–Crippen LogP) is 3.66. The van der Waals surface area contributed by atoms with Crippen LogP contribution in [0.4, 0.5) is 4.39 Å². The highest BCUT2D eigenvalue weighted by molar-refractivity contribution is 9.10. The Kier molecular flexibility index (Phi) is 3.36. The Labute approximate surface area is 123 Å². The number of carbonyl (C=O) groups is 1. The van der Waals surface area contributed by atoms with Crippen LogP contribution < -0.4 is 0 Å². The molecule has 0 aliphatic carbocycles. The quantitative estimate of drug-likeness (QED) is 0.686. The van der Waals surface area contributed by atoms with Crippen LogP contribution in [0, 0.1) is 5.82 Å². The van der Waals surface area contributed by atoms with Crippen molar-refractivity contribution in [2.75, 3.05) is 0 Å². The standard InChI is InChI=1S/C15H10BrFN2O/c16-12-7-10(4-5-13(12)17)8-15(20)11-9-18-19-6-2-1-3-14(11)19/h1-7,9H,8H2. The molecule has 0 fully saturated rings. The highest BCUT2D eigenvalue weighted by atomic mass is 79.9. The maximum absolute atomic E-state index is 13.2. The molecule has 5 heteroatoms. The Bertz CT molecular complexity index is 797. The minimum atomic E-state index is -0.336. The summed E-state index contributed by atoms with van der Waals surface area (Å²) in [5, 5.41) is 4.14. The smallest absolute Gasteiger partial charge is 0.171 e. The average Bonchev–Trinajstić information content (AvgIpc) is 2.87. The van der Waals surface area contributed by atoms with E-state index in [-0.39, 0.29) is 18.0 Å². The van der Waals surface area contributed by atoms with Crippen LogP contribution in [0.2, 0.25) is 0 Å². The van der Waals surface area contributed by atoms with Crippen molar-refractivity contribution in [1.82, 2.24) is 9.61 Å². The molecule has 3 aromatic rings. The second kappa shape index (κ2) is 5.17. The number of nitrogens with zero attached hydrogens (tertiary/aromatic N) is 2. The van der Waals surface area contributed by atoms with Gasteiger partial charge in [0.05, 0.1) is 21.7 Å². The van der Waals surface area contributed by atoms with Crippen molar-refractivity contribution in [3.63, 3.8) is 0 Å². The second-order valence-corrected chi connectivity index (χ2v) is 5.29. The number of rotatable bonds is 3. The summed E-state index contributed by atoms with van der Waals surface area (Å²) in [6, 6.07) is 10.2. The zero-order chi connectivity index (χ0) is 14.1. The third-order valence-corrected chi connectivity index (χ3v) is 3.68. The Morgan fingerprint density at radius 1 is 1.30 bits per heavy atom. The van der Waals surface area contributed by atoms with Crippen LogP contribution in [0.1, 0.15) is 15.9 Å². The van der Waals surface area contributed by atoms with E-state index in [0.717, 1.165) is 11.1 Å². The molecule has 2 heterocycles. The summed E-state index contributed by atoms with van der Waals surface area (Å²) < 4.78 is 15.2. The van der Waals surface area contributed by atoms with Gasteiger partial charge in [-0.2, -0.15) is 5.10 Å². The molecule has 0 spiro atoms. The first kappa shape index (κ1) is 13.0. The van der Waals surface area contributed by atoms with E-state index in [1.807, 2.05) is 18.2 Å². The highest BCUT2D eigenvalue weighted by Crippen LogP contribution is 2.19. The van der Waals surface area contributed by atoms with E-state index in [4.69, 9.17) is 0 Å². The lowest BCUT2D eigenvalue weighted by atomic mass is 10.0. The number of ketones is 1. The first-order chi connectivity index (χ1) is 9.65. The van der Waals surface area contributed by atoms with E-state index in [1.54, 1.807) is 29.0 Å². The number of aromatic nitrogens is 2. The minimum Gasteiger partial charge on any atom is -0.294 e. The molecule has 0 N–H and O–H groups in total. The van der Waals surface area contributed by atoms with E-state index < -0.39 is 0 Å². The van der Waals surface area contributed by atoms with Gasteiger partial charge in [-0.1, -0.05) is 12.1 Å².